The van der Waals surface area contributed by atoms with Gasteiger partial charge in [0.1, 0.15) is 5.84 Å². The van der Waals surface area contributed by atoms with E-state index in [2.05, 4.69) is 20.5 Å². The van der Waals surface area contributed by atoms with Gasteiger partial charge in [-0.3, -0.25) is 9.79 Å². The zero-order valence-electron chi connectivity index (χ0n) is 21.9. The predicted octanol–water partition coefficient (Wildman–Crippen LogP) is 5.75. The minimum absolute atomic E-state index is 0.0193. The number of carbonyl (C=O) groups is 1. The Hall–Kier alpha value is -2.96. The molecule has 1 saturated carbocycles. The number of hydrogen-bond acceptors (Lipinski definition) is 3. The van der Waals surface area contributed by atoms with Gasteiger partial charge in [0.25, 0.3) is 0 Å². The first-order valence-corrected chi connectivity index (χ1v) is 13.1. The molecule has 0 aromatic heterocycles. The lowest BCUT2D eigenvalue weighted by molar-refractivity contribution is -0.119. The fourth-order valence-corrected chi connectivity index (χ4v) is 5.73. The van der Waals surface area contributed by atoms with Gasteiger partial charge in [0, 0.05) is 37.2 Å². The maximum atomic E-state index is 12.3. The highest BCUT2D eigenvalue weighted by Gasteiger charge is 2.38. The number of allylic oxidation sites excluding steroid dienone is 1. The summed E-state index contributed by atoms with van der Waals surface area (Å²) in [5.41, 5.74) is 3.02. The number of likely N-dealkylation sites (tertiary alicyclic amines) is 1. The van der Waals surface area contributed by atoms with E-state index in [4.69, 9.17) is 9.98 Å². The number of hydrogen-bond donors (Lipinski definition) is 2. The molecule has 2 aliphatic heterocycles. The maximum Gasteiger partial charge on any atom is 0.234 e. The molecule has 1 saturated heterocycles. The number of aliphatic imine (C=N–C) groups is 3. The monoisotopic (exact) mass is 476 g/mol. The van der Waals surface area contributed by atoms with E-state index in [1.54, 1.807) is 7.05 Å². The van der Waals surface area contributed by atoms with Crippen molar-refractivity contribution in [3.8, 4) is 0 Å². The standard InChI is InChI=1S/C28H40N6O/c1-6-16-30-25(34-17-10-13-24(34)20-11-8-7-9-12-20)19(2)31-27(29-5)32-21-14-15-22-23(18-21)33-26(35)28(22,3)4/h6,14-16,18,20,24H,7-13,17H2,1-5H3,(H,29,32)(H,33,35)/b16-6-,30-25?,31-19?. The minimum Gasteiger partial charge on any atom is -0.352 e. The van der Waals surface area contributed by atoms with E-state index < -0.39 is 5.41 Å². The number of carbonyl (C=O) groups excluding carboxylic acids is 1. The summed E-state index contributed by atoms with van der Waals surface area (Å²) >= 11 is 0. The highest BCUT2D eigenvalue weighted by molar-refractivity contribution is 6.42. The van der Waals surface area contributed by atoms with Crippen molar-refractivity contribution in [2.75, 3.05) is 24.2 Å². The van der Waals surface area contributed by atoms with Crippen LogP contribution in [0.4, 0.5) is 11.4 Å². The van der Waals surface area contributed by atoms with Crippen LogP contribution in [0.5, 0.6) is 0 Å². The van der Waals surface area contributed by atoms with Gasteiger partial charge in [-0.2, -0.15) is 0 Å². The molecule has 1 atom stereocenters. The Bertz CT molecular complexity index is 1060. The van der Waals surface area contributed by atoms with E-state index in [9.17, 15) is 4.79 Å². The first-order chi connectivity index (χ1) is 16.8. The molecule has 1 amide bonds. The smallest absolute Gasteiger partial charge is 0.234 e. The average Bonchev–Trinajstić information content (AvgIpc) is 3.42. The van der Waals surface area contributed by atoms with E-state index in [1.807, 2.05) is 58.2 Å². The van der Waals surface area contributed by atoms with Crippen molar-refractivity contribution in [2.45, 2.75) is 84.1 Å². The molecule has 188 valence electrons. The Balaban J connectivity index is 1.55. The lowest BCUT2D eigenvalue weighted by Gasteiger charge is -2.35. The van der Waals surface area contributed by atoms with E-state index in [0.29, 0.717) is 12.0 Å². The van der Waals surface area contributed by atoms with Crippen LogP contribution in [-0.2, 0) is 10.2 Å². The molecule has 0 radical (unpaired) electrons. The predicted molar refractivity (Wildman–Crippen MR) is 147 cm³/mol. The summed E-state index contributed by atoms with van der Waals surface area (Å²) < 4.78 is 0. The average molecular weight is 477 g/mol. The summed E-state index contributed by atoms with van der Waals surface area (Å²) in [5.74, 6) is 2.23. The first kappa shape index (κ1) is 25.1. The number of amides is 1. The third kappa shape index (κ3) is 5.34. The van der Waals surface area contributed by atoms with E-state index >= 15 is 0 Å². The van der Waals surface area contributed by atoms with Gasteiger partial charge in [0.05, 0.1) is 11.1 Å². The van der Waals surface area contributed by atoms with Gasteiger partial charge < -0.3 is 15.5 Å². The van der Waals surface area contributed by atoms with E-state index in [1.165, 1.54) is 44.9 Å². The topological polar surface area (TPSA) is 81.5 Å². The zero-order chi connectivity index (χ0) is 25.0. The Morgan fingerprint density at radius 1 is 1.17 bits per heavy atom. The fraction of sp³-hybridized carbons (Fsp3) is 0.571. The molecule has 7 heteroatoms. The number of nitrogens with one attached hydrogen (secondary N) is 2. The molecule has 2 heterocycles. The summed E-state index contributed by atoms with van der Waals surface area (Å²) in [6, 6.07) is 6.47. The summed E-state index contributed by atoms with van der Waals surface area (Å²) in [6.07, 6.45) is 13.0. The van der Waals surface area contributed by atoms with Gasteiger partial charge in [-0.25, -0.2) is 9.98 Å². The van der Waals surface area contributed by atoms with Crippen molar-refractivity contribution in [1.29, 1.82) is 0 Å². The van der Waals surface area contributed by atoms with Crippen LogP contribution in [0, 0.1) is 5.92 Å². The first-order valence-electron chi connectivity index (χ1n) is 13.1. The zero-order valence-corrected chi connectivity index (χ0v) is 21.9. The van der Waals surface area contributed by atoms with Gasteiger partial charge in [0.2, 0.25) is 11.9 Å². The summed E-state index contributed by atoms with van der Waals surface area (Å²) in [5, 5.41) is 6.31. The minimum atomic E-state index is -0.521. The third-order valence-electron chi connectivity index (χ3n) is 7.69. The van der Waals surface area contributed by atoms with Crippen molar-refractivity contribution >= 4 is 34.8 Å². The molecule has 7 nitrogen and oxygen atoms in total. The van der Waals surface area contributed by atoms with Crippen LogP contribution in [0.25, 0.3) is 0 Å². The van der Waals surface area contributed by atoms with Crippen molar-refractivity contribution in [3.63, 3.8) is 0 Å². The quantitative estimate of drug-likeness (QED) is 0.429. The second-order valence-corrected chi connectivity index (χ2v) is 10.4. The Morgan fingerprint density at radius 2 is 1.94 bits per heavy atom. The number of nitrogens with zero attached hydrogens (tertiary/aromatic N) is 4. The summed E-state index contributed by atoms with van der Waals surface area (Å²) in [6.45, 7) is 8.93. The highest BCUT2D eigenvalue weighted by atomic mass is 16.2. The van der Waals surface area contributed by atoms with Crippen LogP contribution in [0.1, 0.15) is 78.2 Å². The third-order valence-corrected chi connectivity index (χ3v) is 7.69. The molecule has 3 aliphatic rings. The molecule has 1 aliphatic carbocycles. The molecule has 4 rings (SSSR count). The number of anilines is 2. The number of guanidine groups is 1. The van der Waals surface area contributed by atoms with E-state index in [0.717, 1.165) is 40.9 Å². The number of fused-ring (bicyclic) bond motifs is 1. The van der Waals surface area contributed by atoms with Crippen LogP contribution in [-0.4, -0.2) is 47.9 Å². The molecule has 2 N–H and O–H groups in total. The molecule has 1 aromatic rings. The summed E-state index contributed by atoms with van der Waals surface area (Å²) in [7, 11) is 1.74. The largest absolute Gasteiger partial charge is 0.352 e. The Labute approximate surface area is 209 Å². The molecule has 2 fully saturated rings. The Kier molecular flexibility index (Phi) is 7.72. The van der Waals surface area contributed by atoms with Crippen molar-refractivity contribution < 1.29 is 4.79 Å². The molecule has 1 unspecified atom stereocenters. The fourth-order valence-electron chi connectivity index (χ4n) is 5.73. The van der Waals surface area contributed by atoms with Crippen molar-refractivity contribution in [3.05, 3.63) is 36.0 Å². The van der Waals surface area contributed by atoms with Crippen LogP contribution in [0.2, 0.25) is 0 Å². The van der Waals surface area contributed by atoms with Gasteiger partial charge in [0.15, 0.2) is 0 Å². The van der Waals surface area contributed by atoms with Crippen LogP contribution >= 0.6 is 0 Å². The molecule has 35 heavy (non-hydrogen) atoms. The van der Waals surface area contributed by atoms with Crippen molar-refractivity contribution in [1.82, 2.24) is 4.90 Å². The van der Waals surface area contributed by atoms with Gasteiger partial charge in [-0.1, -0.05) is 31.4 Å². The number of amidine groups is 1. The second-order valence-electron chi connectivity index (χ2n) is 10.4. The van der Waals surface area contributed by atoms with Gasteiger partial charge in [-0.15, -0.1) is 0 Å². The normalized spacial score (nSPS) is 23.7. The lowest BCUT2D eigenvalue weighted by atomic mass is 9.83. The van der Waals surface area contributed by atoms with Gasteiger partial charge >= 0.3 is 0 Å². The van der Waals surface area contributed by atoms with Crippen LogP contribution in [0.3, 0.4) is 0 Å². The molecular formula is C28H40N6O. The lowest BCUT2D eigenvalue weighted by Crippen LogP contribution is -2.43. The molecule has 0 spiro atoms. The summed E-state index contributed by atoms with van der Waals surface area (Å²) in [4.78, 5) is 28.9. The van der Waals surface area contributed by atoms with Crippen molar-refractivity contribution in [2.24, 2.45) is 20.9 Å². The molecule has 0 bridgehead atoms. The maximum absolute atomic E-state index is 12.3. The molecular weight excluding hydrogens is 436 g/mol. The number of benzene rings is 1. The van der Waals surface area contributed by atoms with Crippen LogP contribution in [0.15, 0.2) is 45.5 Å². The second kappa shape index (κ2) is 10.8. The van der Waals surface area contributed by atoms with E-state index in [-0.39, 0.29) is 5.91 Å². The van der Waals surface area contributed by atoms with Crippen LogP contribution < -0.4 is 10.6 Å². The number of rotatable bonds is 4. The Morgan fingerprint density at radius 3 is 2.66 bits per heavy atom. The highest BCUT2D eigenvalue weighted by Crippen LogP contribution is 2.38. The molecule has 1 aromatic carbocycles. The van der Waals surface area contributed by atoms with Gasteiger partial charge in [-0.05, 0) is 77.0 Å². The SMILES string of the molecule is C/C=C\N=C(C(C)=NC(=NC)Nc1ccc2c(c1)NC(=O)C2(C)C)N1CCCC1C1CCCCC1.